The number of hydrazone groups is 1. The van der Waals surface area contributed by atoms with Gasteiger partial charge in [-0.25, -0.2) is 0 Å². The van der Waals surface area contributed by atoms with E-state index in [1.807, 2.05) is 55.5 Å². The Morgan fingerprint density at radius 1 is 1.15 bits per heavy atom. The van der Waals surface area contributed by atoms with Crippen LogP contribution in [0.15, 0.2) is 53.6 Å². The molecule has 0 heterocycles. The third-order valence-corrected chi connectivity index (χ3v) is 3.35. The highest BCUT2D eigenvalue weighted by Gasteiger charge is 1.99. The molecule has 0 aliphatic carbocycles. The summed E-state index contributed by atoms with van der Waals surface area (Å²) in [5.41, 5.74) is 6.04. The molecule has 104 valence electrons. The van der Waals surface area contributed by atoms with E-state index in [2.05, 4.69) is 10.5 Å². The zero-order valence-corrected chi connectivity index (χ0v) is 12.3. The van der Waals surface area contributed by atoms with Gasteiger partial charge in [-0.3, -0.25) is 0 Å². The third-order valence-electron chi connectivity index (χ3n) is 2.98. The summed E-state index contributed by atoms with van der Waals surface area (Å²) >= 11 is 6.09. The predicted octanol–water partition coefficient (Wildman–Crippen LogP) is 3.86. The van der Waals surface area contributed by atoms with Crippen LogP contribution in [0, 0.1) is 0 Å². The van der Waals surface area contributed by atoms with Crippen LogP contribution in [0.4, 0.5) is 0 Å². The fraction of sp³-hybridized carbons (Fsp3) is 0.188. The number of nitrogens with zero attached hydrogens (tertiary/aromatic N) is 1. The highest BCUT2D eigenvalue weighted by Crippen LogP contribution is 2.14. The third kappa shape index (κ3) is 3.75. The van der Waals surface area contributed by atoms with E-state index in [1.54, 1.807) is 7.11 Å². The maximum absolute atomic E-state index is 6.09. The molecule has 0 amide bonds. The average molecular weight is 289 g/mol. The molecule has 0 radical (unpaired) electrons. The van der Waals surface area contributed by atoms with Crippen molar-refractivity contribution < 1.29 is 4.74 Å². The van der Waals surface area contributed by atoms with Crippen molar-refractivity contribution in [1.82, 2.24) is 5.43 Å². The second-order valence-electron chi connectivity index (χ2n) is 4.35. The highest BCUT2D eigenvalue weighted by atomic mass is 35.5. The minimum absolute atomic E-state index is 0.604. The zero-order chi connectivity index (χ0) is 14.4. The Kier molecular flexibility index (Phi) is 5.02. The van der Waals surface area contributed by atoms with E-state index in [4.69, 9.17) is 16.3 Å². The van der Waals surface area contributed by atoms with Crippen LogP contribution in [0.2, 0.25) is 5.02 Å². The van der Waals surface area contributed by atoms with Crippen LogP contribution in [0.25, 0.3) is 0 Å². The Morgan fingerprint density at radius 2 is 1.85 bits per heavy atom. The van der Waals surface area contributed by atoms with Crippen molar-refractivity contribution in [2.24, 2.45) is 5.10 Å². The SMILES string of the molecule is COc1ccc(/C(C)=N\NCc2ccccc2Cl)cc1. The lowest BCUT2D eigenvalue weighted by atomic mass is 10.1. The second-order valence-corrected chi connectivity index (χ2v) is 4.76. The van der Waals surface area contributed by atoms with Crippen molar-refractivity contribution in [3.05, 3.63) is 64.7 Å². The quantitative estimate of drug-likeness (QED) is 0.669. The molecule has 20 heavy (non-hydrogen) atoms. The van der Waals surface area contributed by atoms with Crippen molar-refractivity contribution in [2.75, 3.05) is 7.11 Å². The lowest BCUT2D eigenvalue weighted by Gasteiger charge is -2.06. The minimum atomic E-state index is 0.604. The van der Waals surface area contributed by atoms with E-state index < -0.39 is 0 Å². The molecule has 0 fully saturated rings. The number of rotatable bonds is 5. The van der Waals surface area contributed by atoms with Crippen molar-refractivity contribution in [3.8, 4) is 5.75 Å². The van der Waals surface area contributed by atoms with Gasteiger partial charge in [-0.05, 0) is 48.4 Å². The molecule has 0 saturated heterocycles. The first kappa shape index (κ1) is 14.4. The van der Waals surface area contributed by atoms with Gasteiger partial charge in [-0.2, -0.15) is 5.10 Å². The highest BCUT2D eigenvalue weighted by molar-refractivity contribution is 6.31. The van der Waals surface area contributed by atoms with Gasteiger partial charge in [0.05, 0.1) is 19.4 Å². The van der Waals surface area contributed by atoms with E-state index in [9.17, 15) is 0 Å². The Bertz CT molecular complexity index is 594. The normalized spacial score (nSPS) is 11.2. The Hall–Kier alpha value is -2.00. The fourth-order valence-corrected chi connectivity index (χ4v) is 1.98. The molecule has 0 bridgehead atoms. The number of hydrogen-bond acceptors (Lipinski definition) is 3. The fourth-order valence-electron chi connectivity index (χ4n) is 1.78. The number of methoxy groups -OCH3 is 1. The maximum Gasteiger partial charge on any atom is 0.118 e. The molecule has 2 aromatic rings. The molecule has 0 atom stereocenters. The van der Waals surface area contributed by atoms with E-state index >= 15 is 0 Å². The molecule has 0 saturated carbocycles. The maximum atomic E-state index is 6.09. The number of nitrogens with one attached hydrogen (secondary N) is 1. The van der Waals surface area contributed by atoms with E-state index in [0.29, 0.717) is 6.54 Å². The van der Waals surface area contributed by atoms with Crippen molar-refractivity contribution >= 4 is 17.3 Å². The first-order valence-electron chi connectivity index (χ1n) is 6.35. The standard InChI is InChI=1S/C16H17ClN2O/c1-12(13-7-9-15(20-2)10-8-13)19-18-11-14-5-3-4-6-16(14)17/h3-10,18H,11H2,1-2H3/b19-12-. The molecule has 0 unspecified atom stereocenters. The van der Waals surface area contributed by atoms with Crippen molar-refractivity contribution in [1.29, 1.82) is 0 Å². The number of ether oxygens (including phenoxy) is 1. The molecular weight excluding hydrogens is 272 g/mol. The molecule has 4 heteroatoms. The molecule has 0 aromatic heterocycles. The zero-order valence-electron chi connectivity index (χ0n) is 11.6. The van der Waals surface area contributed by atoms with Crippen LogP contribution in [-0.4, -0.2) is 12.8 Å². The van der Waals surface area contributed by atoms with Gasteiger partial charge in [0.1, 0.15) is 5.75 Å². The first-order chi connectivity index (χ1) is 9.70. The summed E-state index contributed by atoms with van der Waals surface area (Å²) in [4.78, 5) is 0. The molecule has 0 spiro atoms. The molecule has 0 aliphatic rings. The van der Waals surface area contributed by atoms with E-state index in [1.165, 1.54) is 0 Å². The summed E-state index contributed by atoms with van der Waals surface area (Å²) in [5.74, 6) is 0.838. The molecule has 3 nitrogen and oxygen atoms in total. The Morgan fingerprint density at radius 3 is 2.50 bits per heavy atom. The van der Waals surface area contributed by atoms with Crippen LogP contribution in [0.5, 0.6) is 5.75 Å². The summed E-state index contributed by atoms with van der Waals surface area (Å²) in [5, 5.41) is 5.10. The molecular formula is C16H17ClN2O. The smallest absolute Gasteiger partial charge is 0.118 e. The summed E-state index contributed by atoms with van der Waals surface area (Å²) < 4.78 is 5.13. The van der Waals surface area contributed by atoms with Gasteiger partial charge in [0, 0.05) is 5.02 Å². The van der Waals surface area contributed by atoms with Gasteiger partial charge < -0.3 is 10.2 Å². The predicted molar refractivity (Wildman–Crippen MR) is 83.5 cm³/mol. The molecule has 2 rings (SSSR count). The van der Waals surface area contributed by atoms with Crippen molar-refractivity contribution in [2.45, 2.75) is 13.5 Å². The van der Waals surface area contributed by atoms with Crippen LogP contribution in [-0.2, 0) is 6.54 Å². The van der Waals surface area contributed by atoms with Gasteiger partial charge >= 0.3 is 0 Å². The van der Waals surface area contributed by atoms with Gasteiger partial charge in [0.2, 0.25) is 0 Å². The minimum Gasteiger partial charge on any atom is -0.497 e. The van der Waals surface area contributed by atoms with Crippen LogP contribution >= 0.6 is 11.6 Å². The Labute approximate surface area is 124 Å². The van der Waals surface area contributed by atoms with Gasteiger partial charge in [0.15, 0.2) is 0 Å². The number of benzene rings is 2. The van der Waals surface area contributed by atoms with E-state index in [0.717, 1.165) is 27.6 Å². The Balaban J connectivity index is 1.98. The lowest BCUT2D eigenvalue weighted by molar-refractivity contribution is 0.415. The van der Waals surface area contributed by atoms with Crippen LogP contribution in [0.1, 0.15) is 18.1 Å². The summed E-state index contributed by atoms with van der Waals surface area (Å²) in [6.45, 7) is 2.56. The monoisotopic (exact) mass is 288 g/mol. The largest absolute Gasteiger partial charge is 0.497 e. The first-order valence-corrected chi connectivity index (χ1v) is 6.73. The molecule has 2 aromatic carbocycles. The molecule has 0 aliphatic heterocycles. The topological polar surface area (TPSA) is 33.6 Å². The van der Waals surface area contributed by atoms with Gasteiger partial charge in [-0.1, -0.05) is 29.8 Å². The number of hydrogen-bond donors (Lipinski definition) is 1. The average Bonchev–Trinajstić information content (AvgIpc) is 2.49. The summed E-state index contributed by atoms with van der Waals surface area (Å²) in [7, 11) is 1.65. The number of halogens is 1. The summed E-state index contributed by atoms with van der Waals surface area (Å²) in [6, 6.07) is 15.5. The van der Waals surface area contributed by atoms with Crippen LogP contribution < -0.4 is 10.2 Å². The lowest BCUT2D eigenvalue weighted by Crippen LogP contribution is -2.09. The summed E-state index contributed by atoms with van der Waals surface area (Å²) in [6.07, 6.45) is 0. The molecule has 1 N–H and O–H groups in total. The van der Waals surface area contributed by atoms with Gasteiger partial charge in [0.25, 0.3) is 0 Å². The van der Waals surface area contributed by atoms with Gasteiger partial charge in [-0.15, -0.1) is 0 Å². The van der Waals surface area contributed by atoms with E-state index in [-0.39, 0.29) is 0 Å². The van der Waals surface area contributed by atoms with Crippen LogP contribution in [0.3, 0.4) is 0 Å². The second kappa shape index (κ2) is 6.96. The van der Waals surface area contributed by atoms with Crippen molar-refractivity contribution in [3.63, 3.8) is 0 Å².